The molecule has 0 atom stereocenters. The molecule has 96 valence electrons. The summed E-state index contributed by atoms with van der Waals surface area (Å²) in [6, 6.07) is 4.04. The number of carbonyl (C=O) groups excluding carboxylic acids is 1. The zero-order valence-electron chi connectivity index (χ0n) is 9.51. The highest BCUT2D eigenvalue weighted by Gasteiger charge is 2.32. The van der Waals surface area contributed by atoms with E-state index in [4.69, 9.17) is 5.73 Å². The first-order valence-electron chi connectivity index (χ1n) is 5.40. The summed E-state index contributed by atoms with van der Waals surface area (Å²) < 4.78 is 12.9. The Morgan fingerprint density at radius 1 is 1.56 bits per heavy atom. The maximum Gasteiger partial charge on any atom is 0.269 e. The molecule has 1 aliphatic heterocycles. The molecule has 0 unspecified atom stereocenters. The quantitative estimate of drug-likeness (QED) is 0.640. The molecule has 0 bridgehead atoms. The summed E-state index contributed by atoms with van der Waals surface area (Å²) in [4.78, 5) is 22.7. The zero-order valence-corrected chi connectivity index (χ0v) is 9.51. The minimum absolute atomic E-state index is 0.140. The molecule has 1 aromatic carbocycles. The van der Waals surface area contributed by atoms with E-state index in [1.165, 1.54) is 18.2 Å². The van der Waals surface area contributed by atoms with Gasteiger partial charge < -0.3 is 10.6 Å². The van der Waals surface area contributed by atoms with E-state index in [1.807, 2.05) is 0 Å². The van der Waals surface area contributed by atoms with E-state index in [-0.39, 0.29) is 23.1 Å². The minimum atomic E-state index is -0.783. The molecule has 0 radical (unpaired) electrons. The van der Waals surface area contributed by atoms with Gasteiger partial charge in [-0.2, -0.15) is 0 Å². The smallest absolute Gasteiger partial charge is 0.269 e. The van der Waals surface area contributed by atoms with E-state index >= 15 is 0 Å². The number of nitrogens with two attached hydrogens (primary N) is 1. The fourth-order valence-corrected chi connectivity index (χ4v) is 1.96. The number of nitrogens with zero attached hydrogens (tertiary/aromatic N) is 2. The number of nitro groups is 1. The Morgan fingerprint density at radius 3 is 2.72 bits per heavy atom. The average Bonchev–Trinajstić information content (AvgIpc) is 2.26. The number of hydrogen-bond acceptors (Lipinski definition) is 4. The summed E-state index contributed by atoms with van der Waals surface area (Å²) in [6.45, 7) is 0.0784. The van der Waals surface area contributed by atoms with Gasteiger partial charge in [-0.3, -0.25) is 14.9 Å². The van der Waals surface area contributed by atoms with Gasteiger partial charge in [-0.1, -0.05) is 0 Å². The van der Waals surface area contributed by atoms with Gasteiger partial charge in [-0.15, -0.1) is 0 Å². The second kappa shape index (κ2) is 4.59. The normalized spacial score (nSPS) is 15.3. The molecule has 0 spiro atoms. The Hall–Kier alpha value is -2.18. The maximum atomic E-state index is 12.9. The Kier molecular flexibility index (Phi) is 3.14. The summed E-state index contributed by atoms with van der Waals surface area (Å²) in [5.74, 6) is -0.609. The van der Waals surface area contributed by atoms with E-state index in [0.717, 1.165) is 0 Å². The largest absolute Gasteiger partial charge is 0.369 e. The van der Waals surface area contributed by atoms with Gasteiger partial charge in [-0.25, -0.2) is 4.39 Å². The molecular formula is C11H12FN3O3. The minimum Gasteiger partial charge on any atom is -0.369 e. The molecule has 7 heteroatoms. The fourth-order valence-electron chi connectivity index (χ4n) is 1.96. The van der Waals surface area contributed by atoms with Crippen molar-refractivity contribution in [3.8, 4) is 0 Å². The Morgan fingerprint density at radius 2 is 2.22 bits per heavy atom. The highest BCUT2D eigenvalue weighted by atomic mass is 19.1. The maximum absolute atomic E-state index is 12.9. The summed E-state index contributed by atoms with van der Waals surface area (Å²) in [7, 11) is 0. The summed E-state index contributed by atoms with van der Waals surface area (Å²) >= 11 is 0. The van der Waals surface area contributed by atoms with Gasteiger partial charge in [0.05, 0.1) is 10.8 Å². The van der Waals surface area contributed by atoms with Crippen LogP contribution in [0.3, 0.4) is 0 Å². The van der Waals surface area contributed by atoms with E-state index in [2.05, 4.69) is 0 Å². The predicted molar refractivity (Wildman–Crippen MR) is 62.8 cm³/mol. The van der Waals surface area contributed by atoms with Gasteiger partial charge in [0.2, 0.25) is 5.91 Å². The van der Waals surface area contributed by atoms with Crippen LogP contribution >= 0.6 is 0 Å². The summed E-state index contributed by atoms with van der Waals surface area (Å²) in [5.41, 5.74) is 5.84. The van der Waals surface area contributed by atoms with Crippen molar-refractivity contribution in [2.24, 2.45) is 11.7 Å². The van der Waals surface area contributed by atoms with Gasteiger partial charge >= 0.3 is 0 Å². The third-order valence-electron chi connectivity index (χ3n) is 3.04. The number of rotatable bonds is 4. The number of carbonyl (C=O) groups is 1. The molecule has 1 heterocycles. The highest BCUT2D eigenvalue weighted by molar-refractivity contribution is 5.80. The second-order valence-electron chi connectivity index (χ2n) is 4.21. The molecule has 0 aliphatic carbocycles. The molecule has 1 amide bonds. The van der Waals surface area contributed by atoms with Crippen LogP contribution < -0.4 is 10.6 Å². The SMILES string of the molecule is NC(=O)C1CN(c2ccc([N+](=O)[O-])cc2CF)C1. The lowest BCUT2D eigenvalue weighted by molar-refractivity contribution is -0.384. The van der Waals surface area contributed by atoms with Crippen molar-refractivity contribution in [3.63, 3.8) is 0 Å². The van der Waals surface area contributed by atoms with Crippen LogP contribution in [0.25, 0.3) is 0 Å². The Bertz CT molecular complexity index is 500. The number of hydrogen-bond donors (Lipinski definition) is 1. The van der Waals surface area contributed by atoms with E-state index < -0.39 is 11.6 Å². The first kappa shape index (κ1) is 12.3. The van der Waals surface area contributed by atoms with Crippen LogP contribution in [0.15, 0.2) is 18.2 Å². The molecule has 0 saturated carbocycles. The van der Waals surface area contributed by atoms with Gasteiger partial charge in [0.1, 0.15) is 6.67 Å². The Balaban J connectivity index is 2.19. The standard InChI is InChI=1S/C11H12FN3O3/c12-4-7-3-9(15(17)18)1-2-10(7)14-5-8(6-14)11(13)16/h1-3,8H,4-6H2,(H2,13,16). The van der Waals surface area contributed by atoms with E-state index in [9.17, 15) is 19.3 Å². The zero-order chi connectivity index (χ0) is 13.3. The number of primary amides is 1. The molecule has 18 heavy (non-hydrogen) atoms. The summed E-state index contributed by atoms with van der Waals surface area (Å²) in [6.07, 6.45) is 0. The molecule has 1 fully saturated rings. The number of alkyl halides is 1. The van der Waals surface area contributed by atoms with Crippen LogP contribution in [0.5, 0.6) is 0 Å². The van der Waals surface area contributed by atoms with Crippen molar-refractivity contribution in [3.05, 3.63) is 33.9 Å². The van der Waals surface area contributed by atoms with Crippen LogP contribution in [0.1, 0.15) is 5.56 Å². The van der Waals surface area contributed by atoms with Crippen LogP contribution in [0.2, 0.25) is 0 Å². The number of halogens is 1. The van der Waals surface area contributed by atoms with Crippen LogP contribution in [0.4, 0.5) is 15.8 Å². The number of anilines is 1. The first-order chi connectivity index (χ1) is 8.52. The molecule has 6 nitrogen and oxygen atoms in total. The van der Waals surface area contributed by atoms with Crippen LogP contribution in [-0.2, 0) is 11.5 Å². The number of non-ortho nitro benzene ring substituents is 1. The molecular weight excluding hydrogens is 241 g/mol. The van der Waals surface area contributed by atoms with Crippen molar-refractivity contribution in [2.45, 2.75) is 6.67 Å². The Labute approximate surface area is 102 Å². The number of nitro benzene ring substituents is 1. The lowest BCUT2D eigenvalue weighted by atomic mass is 9.97. The lowest BCUT2D eigenvalue weighted by Gasteiger charge is -2.40. The van der Waals surface area contributed by atoms with Crippen molar-refractivity contribution < 1.29 is 14.1 Å². The van der Waals surface area contributed by atoms with Crippen molar-refractivity contribution in [1.29, 1.82) is 0 Å². The third-order valence-corrected chi connectivity index (χ3v) is 3.04. The molecule has 0 aromatic heterocycles. The van der Waals surface area contributed by atoms with Crippen LogP contribution in [-0.4, -0.2) is 23.9 Å². The number of amides is 1. The van der Waals surface area contributed by atoms with Crippen molar-refractivity contribution in [2.75, 3.05) is 18.0 Å². The molecule has 1 saturated heterocycles. The predicted octanol–water partition coefficient (Wildman–Crippen LogP) is 0.986. The van der Waals surface area contributed by atoms with Crippen LogP contribution in [0, 0.1) is 16.0 Å². The third kappa shape index (κ3) is 2.11. The molecule has 2 rings (SSSR count). The molecule has 2 N–H and O–H groups in total. The van der Waals surface area contributed by atoms with E-state index in [1.54, 1.807) is 4.90 Å². The topological polar surface area (TPSA) is 89.5 Å². The van der Waals surface area contributed by atoms with Gasteiger partial charge in [0, 0.05) is 36.5 Å². The average molecular weight is 253 g/mol. The molecule has 1 aromatic rings. The van der Waals surface area contributed by atoms with Gasteiger partial charge in [0.25, 0.3) is 5.69 Å². The fraction of sp³-hybridized carbons (Fsp3) is 0.364. The van der Waals surface area contributed by atoms with Crippen molar-refractivity contribution >= 4 is 17.3 Å². The lowest BCUT2D eigenvalue weighted by Crippen LogP contribution is -2.52. The first-order valence-corrected chi connectivity index (χ1v) is 5.40. The second-order valence-corrected chi connectivity index (χ2v) is 4.21. The highest BCUT2D eigenvalue weighted by Crippen LogP contribution is 2.31. The van der Waals surface area contributed by atoms with Crippen molar-refractivity contribution in [1.82, 2.24) is 0 Å². The monoisotopic (exact) mass is 253 g/mol. The van der Waals surface area contributed by atoms with Gasteiger partial charge in [-0.05, 0) is 6.07 Å². The van der Waals surface area contributed by atoms with E-state index in [0.29, 0.717) is 18.8 Å². The number of benzene rings is 1. The van der Waals surface area contributed by atoms with Gasteiger partial charge in [0.15, 0.2) is 0 Å². The summed E-state index contributed by atoms with van der Waals surface area (Å²) in [5, 5.41) is 10.6. The molecule has 1 aliphatic rings.